The van der Waals surface area contributed by atoms with E-state index >= 15 is 0 Å². The molecule has 0 fully saturated rings. The molecule has 5 heteroatoms. The number of aryl methyl sites for hydroxylation is 1. The Kier molecular flexibility index (Phi) is 7.11. The largest absolute Gasteiger partial charge is 0.312 e. The van der Waals surface area contributed by atoms with Crippen LogP contribution < -0.4 is 5.32 Å². The number of aromatic nitrogens is 2. The molecule has 0 saturated carbocycles. The van der Waals surface area contributed by atoms with Crippen LogP contribution in [-0.4, -0.2) is 26.8 Å². The highest BCUT2D eigenvalue weighted by molar-refractivity contribution is 8.00. The zero-order valence-corrected chi connectivity index (χ0v) is 12.1. The number of nitrogens with zero attached hydrogens (tertiary/aromatic N) is 2. The molecule has 0 aliphatic heterocycles. The Bertz CT molecular complexity index is 294. The summed E-state index contributed by atoms with van der Waals surface area (Å²) in [5.41, 5.74) is 1.25. The van der Waals surface area contributed by atoms with E-state index in [2.05, 4.69) is 31.2 Å². The predicted octanol–water partition coefficient (Wildman–Crippen LogP) is 2.46. The zero-order valence-electron chi connectivity index (χ0n) is 10.5. The van der Waals surface area contributed by atoms with E-state index < -0.39 is 0 Å². The lowest BCUT2D eigenvalue weighted by molar-refractivity contribution is 0.723. The van der Waals surface area contributed by atoms with Crippen molar-refractivity contribution in [1.29, 1.82) is 0 Å². The fraction of sp³-hybridized carbons (Fsp3) is 0.727. The van der Waals surface area contributed by atoms with Gasteiger partial charge in [-0.1, -0.05) is 20.8 Å². The molecule has 0 bridgehead atoms. The van der Waals surface area contributed by atoms with Gasteiger partial charge in [0.25, 0.3) is 0 Å². The first kappa shape index (κ1) is 15.8. The maximum atomic E-state index is 4.13. The highest BCUT2D eigenvalue weighted by Gasteiger charge is 2.09. The van der Waals surface area contributed by atoms with Crippen molar-refractivity contribution in [2.75, 3.05) is 12.3 Å². The van der Waals surface area contributed by atoms with E-state index in [0.29, 0.717) is 4.75 Å². The monoisotopic (exact) mass is 263 g/mol. The average molecular weight is 264 g/mol. The number of halogens is 1. The van der Waals surface area contributed by atoms with E-state index in [1.165, 1.54) is 5.56 Å². The highest BCUT2D eigenvalue weighted by Crippen LogP contribution is 2.21. The van der Waals surface area contributed by atoms with Crippen LogP contribution in [0.5, 0.6) is 0 Å². The summed E-state index contributed by atoms with van der Waals surface area (Å²) >= 11 is 1.99. The smallest absolute Gasteiger partial charge is 0.0534 e. The summed E-state index contributed by atoms with van der Waals surface area (Å²) in [6.45, 7) is 8.71. The third kappa shape index (κ3) is 7.14. The number of thioether (sulfide) groups is 1. The molecule has 0 atom stereocenters. The van der Waals surface area contributed by atoms with Crippen LogP contribution in [0.2, 0.25) is 0 Å². The zero-order chi connectivity index (χ0) is 11.3. The van der Waals surface area contributed by atoms with E-state index in [-0.39, 0.29) is 12.4 Å². The number of hydrogen-bond acceptors (Lipinski definition) is 3. The Balaban J connectivity index is 0.00000225. The van der Waals surface area contributed by atoms with E-state index in [4.69, 9.17) is 0 Å². The quantitative estimate of drug-likeness (QED) is 0.828. The van der Waals surface area contributed by atoms with Crippen molar-refractivity contribution >= 4 is 24.2 Å². The van der Waals surface area contributed by atoms with Crippen LogP contribution in [0.1, 0.15) is 26.3 Å². The molecule has 0 spiro atoms. The number of rotatable bonds is 5. The van der Waals surface area contributed by atoms with Gasteiger partial charge in [0.1, 0.15) is 0 Å². The molecule has 1 aromatic heterocycles. The minimum Gasteiger partial charge on any atom is -0.312 e. The molecule has 0 radical (unpaired) electrons. The second-order valence-electron chi connectivity index (χ2n) is 4.66. The molecule has 0 aromatic carbocycles. The van der Waals surface area contributed by atoms with Gasteiger partial charge in [0.05, 0.1) is 6.20 Å². The van der Waals surface area contributed by atoms with E-state index in [0.717, 1.165) is 18.8 Å². The van der Waals surface area contributed by atoms with Crippen molar-refractivity contribution in [3.8, 4) is 0 Å². The van der Waals surface area contributed by atoms with Gasteiger partial charge in [-0.15, -0.1) is 12.4 Å². The van der Waals surface area contributed by atoms with Gasteiger partial charge in [0, 0.05) is 42.4 Å². The molecule has 0 aliphatic rings. The van der Waals surface area contributed by atoms with Gasteiger partial charge in [0.15, 0.2) is 0 Å². The van der Waals surface area contributed by atoms with Crippen molar-refractivity contribution in [3.63, 3.8) is 0 Å². The van der Waals surface area contributed by atoms with Crippen LogP contribution >= 0.6 is 24.2 Å². The minimum atomic E-state index is 0. The lowest BCUT2D eigenvalue weighted by atomic mass is 10.3. The van der Waals surface area contributed by atoms with Gasteiger partial charge < -0.3 is 5.32 Å². The third-order valence-electron chi connectivity index (χ3n) is 1.90. The minimum absolute atomic E-state index is 0. The molecule has 1 N–H and O–H groups in total. The van der Waals surface area contributed by atoms with Crippen molar-refractivity contribution in [2.24, 2.45) is 7.05 Å². The second-order valence-corrected chi connectivity index (χ2v) is 6.58. The van der Waals surface area contributed by atoms with Gasteiger partial charge in [-0.25, -0.2) is 0 Å². The fourth-order valence-corrected chi connectivity index (χ4v) is 2.08. The molecule has 16 heavy (non-hydrogen) atoms. The van der Waals surface area contributed by atoms with Crippen molar-refractivity contribution in [1.82, 2.24) is 15.1 Å². The van der Waals surface area contributed by atoms with E-state index in [1.54, 1.807) is 0 Å². The van der Waals surface area contributed by atoms with E-state index in [1.807, 2.05) is 35.9 Å². The predicted molar refractivity (Wildman–Crippen MR) is 74.4 cm³/mol. The Morgan fingerprint density at radius 2 is 2.12 bits per heavy atom. The maximum Gasteiger partial charge on any atom is 0.0534 e. The molecule has 1 heterocycles. The van der Waals surface area contributed by atoms with Gasteiger partial charge in [-0.3, -0.25) is 4.68 Å². The summed E-state index contributed by atoms with van der Waals surface area (Å²) < 4.78 is 2.21. The molecule has 0 aliphatic carbocycles. The first-order valence-corrected chi connectivity index (χ1v) is 6.28. The van der Waals surface area contributed by atoms with Crippen LogP contribution in [-0.2, 0) is 13.6 Å². The molecular weight excluding hydrogens is 242 g/mol. The van der Waals surface area contributed by atoms with Gasteiger partial charge in [-0.05, 0) is 0 Å². The van der Waals surface area contributed by atoms with Gasteiger partial charge in [0.2, 0.25) is 0 Å². The lowest BCUT2D eigenvalue weighted by Crippen LogP contribution is -2.19. The summed E-state index contributed by atoms with van der Waals surface area (Å²) in [4.78, 5) is 0. The third-order valence-corrected chi connectivity index (χ3v) is 3.18. The Morgan fingerprint density at radius 1 is 1.44 bits per heavy atom. The van der Waals surface area contributed by atoms with Crippen molar-refractivity contribution in [2.45, 2.75) is 32.1 Å². The first-order chi connectivity index (χ1) is 6.97. The van der Waals surface area contributed by atoms with Crippen LogP contribution in [0.15, 0.2) is 12.4 Å². The summed E-state index contributed by atoms with van der Waals surface area (Å²) in [6, 6.07) is 0. The van der Waals surface area contributed by atoms with Gasteiger partial charge in [-0.2, -0.15) is 16.9 Å². The van der Waals surface area contributed by atoms with E-state index in [9.17, 15) is 0 Å². The summed E-state index contributed by atoms with van der Waals surface area (Å²) in [6.07, 6.45) is 3.95. The highest BCUT2D eigenvalue weighted by atomic mass is 35.5. The SMILES string of the molecule is Cl.Cn1cc(CNCCSC(C)(C)C)cn1. The lowest BCUT2D eigenvalue weighted by Gasteiger charge is -2.17. The number of hydrogen-bond donors (Lipinski definition) is 1. The Hall–Kier alpha value is -0.190. The molecule has 1 aromatic rings. The van der Waals surface area contributed by atoms with Crippen LogP contribution in [0.25, 0.3) is 0 Å². The van der Waals surface area contributed by atoms with Crippen LogP contribution in [0.4, 0.5) is 0 Å². The molecule has 1 rings (SSSR count). The number of nitrogens with one attached hydrogen (secondary N) is 1. The van der Waals surface area contributed by atoms with Crippen molar-refractivity contribution < 1.29 is 0 Å². The molecule has 0 amide bonds. The molecule has 0 saturated heterocycles. The standard InChI is InChI=1S/C11H21N3S.ClH/c1-11(2,3)15-6-5-12-7-10-8-13-14(4)9-10;/h8-9,12H,5-7H2,1-4H3;1H. The molecule has 3 nitrogen and oxygen atoms in total. The molecular formula is C11H22ClN3S. The maximum absolute atomic E-state index is 4.13. The second kappa shape index (κ2) is 7.20. The normalized spacial score (nSPS) is 11.2. The fourth-order valence-electron chi connectivity index (χ4n) is 1.23. The van der Waals surface area contributed by atoms with Gasteiger partial charge >= 0.3 is 0 Å². The summed E-state index contributed by atoms with van der Waals surface area (Å²) in [5, 5.41) is 7.54. The summed E-state index contributed by atoms with van der Waals surface area (Å²) in [5.74, 6) is 1.16. The first-order valence-electron chi connectivity index (χ1n) is 5.29. The average Bonchev–Trinajstić information content (AvgIpc) is 2.49. The van der Waals surface area contributed by atoms with Crippen LogP contribution in [0, 0.1) is 0 Å². The van der Waals surface area contributed by atoms with Crippen molar-refractivity contribution in [3.05, 3.63) is 18.0 Å². The Labute approximate surface area is 109 Å². The summed E-state index contributed by atoms with van der Waals surface area (Å²) in [7, 11) is 1.94. The molecule has 0 unspecified atom stereocenters. The Morgan fingerprint density at radius 3 is 2.62 bits per heavy atom. The van der Waals surface area contributed by atoms with Crippen LogP contribution in [0.3, 0.4) is 0 Å². The molecule has 94 valence electrons. The topological polar surface area (TPSA) is 29.9 Å².